The Labute approximate surface area is 170 Å². The van der Waals surface area contributed by atoms with Gasteiger partial charge >= 0.3 is 0 Å². The molecule has 0 fully saturated rings. The first-order valence-electron chi connectivity index (χ1n) is 8.64. The van der Waals surface area contributed by atoms with Gasteiger partial charge in [-0.2, -0.15) is 0 Å². The van der Waals surface area contributed by atoms with E-state index in [0.717, 1.165) is 21.2 Å². The average molecular weight is 438 g/mol. The Morgan fingerprint density at radius 1 is 0.444 bits per heavy atom. The number of hydrogen-bond donors (Lipinski definition) is 0. The molecule has 4 aromatic carbocycles. The molecule has 4 aromatic rings. The lowest BCUT2D eigenvalue weighted by atomic mass is 10.3. The molecule has 0 saturated carbocycles. The molecule has 0 spiro atoms. The van der Waals surface area contributed by atoms with E-state index in [4.69, 9.17) is 0 Å². The van der Waals surface area contributed by atoms with E-state index in [9.17, 15) is 0 Å². The first kappa shape index (κ1) is 19.5. The molecule has 0 N–H and O–H groups in total. The van der Waals surface area contributed by atoms with Crippen molar-refractivity contribution >= 4 is 45.5 Å². The lowest BCUT2D eigenvalue weighted by Crippen LogP contribution is -2.39. The molecular formula is C24H20BrFP+. The molecule has 0 atom stereocenters. The molecule has 0 aliphatic carbocycles. The van der Waals surface area contributed by atoms with Gasteiger partial charge in [-0.1, -0.05) is 66.7 Å². The van der Waals surface area contributed by atoms with Crippen molar-refractivity contribution in [3.63, 3.8) is 0 Å². The zero-order valence-electron chi connectivity index (χ0n) is 14.7. The molecule has 0 aromatic heterocycles. The number of halogens is 2. The Bertz CT molecular complexity index is 892. The fraction of sp³-hybridized carbons (Fsp3) is 0. The van der Waals surface area contributed by atoms with Crippen molar-refractivity contribution in [1.82, 2.24) is 0 Å². The zero-order chi connectivity index (χ0) is 17.8. The highest BCUT2D eigenvalue weighted by Crippen LogP contribution is 2.54. The smallest absolute Gasteiger partial charge is 0.166 e. The molecule has 0 saturated heterocycles. The summed E-state index contributed by atoms with van der Waals surface area (Å²) >= 11 is 0. The van der Waals surface area contributed by atoms with Crippen LogP contribution in [0.5, 0.6) is 0 Å². The molecule has 0 nitrogen and oxygen atoms in total. The highest BCUT2D eigenvalue weighted by atomic mass is 79.9. The second-order valence-corrected chi connectivity index (χ2v) is 9.50. The average Bonchev–Trinajstić information content (AvgIpc) is 2.72. The third-order valence-corrected chi connectivity index (χ3v) is 8.95. The monoisotopic (exact) mass is 437 g/mol. The van der Waals surface area contributed by atoms with Crippen LogP contribution in [0.1, 0.15) is 0 Å². The van der Waals surface area contributed by atoms with E-state index in [1.807, 2.05) is 66.7 Å². The Balaban J connectivity index is 0.00000210. The van der Waals surface area contributed by atoms with Crippen LogP contribution in [0.25, 0.3) is 0 Å². The maximum absolute atomic E-state index is 15.2. The SMILES string of the molecule is Br.Fc1ccccc1[P+](c1ccccc1)(c1ccccc1)c1ccccc1. The Morgan fingerprint density at radius 3 is 1.15 bits per heavy atom. The van der Waals surface area contributed by atoms with Crippen LogP contribution in [0.4, 0.5) is 4.39 Å². The van der Waals surface area contributed by atoms with E-state index in [1.165, 1.54) is 0 Å². The summed E-state index contributed by atoms with van der Waals surface area (Å²) in [5.41, 5.74) is 0. The fourth-order valence-corrected chi connectivity index (χ4v) is 7.83. The normalized spacial score (nSPS) is 10.9. The molecule has 0 unspecified atom stereocenters. The van der Waals surface area contributed by atoms with Gasteiger partial charge in [-0.25, -0.2) is 4.39 Å². The Kier molecular flexibility index (Phi) is 6.21. The number of hydrogen-bond acceptors (Lipinski definition) is 0. The Hall–Kier alpha value is -2.28. The zero-order valence-corrected chi connectivity index (χ0v) is 17.3. The molecule has 0 heterocycles. The van der Waals surface area contributed by atoms with Gasteiger partial charge in [0.1, 0.15) is 28.5 Å². The minimum atomic E-state index is -2.32. The minimum Gasteiger partial charge on any atom is -0.203 e. The van der Waals surface area contributed by atoms with Gasteiger partial charge in [-0.3, -0.25) is 0 Å². The number of rotatable bonds is 4. The minimum absolute atomic E-state index is 0. The molecule has 4 rings (SSSR count). The van der Waals surface area contributed by atoms with Crippen LogP contribution < -0.4 is 21.2 Å². The van der Waals surface area contributed by atoms with Gasteiger partial charge < -0.3 is 0 Å². The molecule has 27 heavy (non-hydrogen) atoms. The van der Waals surface area contributed by atoms with Crippen molar-refractivity contribution in [2.75, 3.05) is 0 Å². The summed E-state index contributed by atoms with van der Waals surface area (Å²) in [6.45, 7) is 0. The highest BCUT2D eigenvalue weighted by molar-refractivity contribution is 8.93. The van der Waals surface area contributed by atoms with E-state index in [1.54, 1.807) is 12.1 Å². The van der Waals surface area contributed by atoms with Crippen LogP contribution in [-0.2, 0) is 0 Å². The summed E-state index contributed by atoms with van der Waals surface area (Å²) in [6, 6.07) is 38.2. The quantitative estimate of drug-likeness (QED) is 0.393. The van der Waals surface area contributed by atoms with Crippen molar-refractivity contribution in [1.29, 1.82) is 0 Å². The van der Waals surface area contributed by atoms with Gasteiger partial charge in [0.25, 0.3) is 0 Å². The standard InChI is InChI=1S/C24H19FP.BrH/c25-23-18-10-11-19-24(23)26(20-12-4-1-5-13-20,21-14-6-2-7-15-21)22-16-8-3-9-17-22;/h1-19H;1H/q+1;. The van der Waals surface area contributed by atoms with Crippen LogP contribution >= 0.6 is 24.2 Å². The van der Waals surface area contributed by atoms with E-state index in [-0.39, 0.29) is 22.8 Å². The van der Waals surface area contributed by atoms with Gasteiger partial charge in [0.05, 0.1) is 0 Å². The van der Waals surface area contributed by atoms with Crippen molar-refractivity contribution in [2.24, 2.45) is 0 Å². The topological polar surface area (TPSA) is 0 Å². The number of benzene rings is 4. The molecule has 3 heteroatoms. The Morgan fingerprint density at radius 2 is 0.778 bits per heavy atom. The summed E-state index contributed by atoms with van der Waals surface area (Å²) in [7, 11) is -2.32. The van der Waals surface area contributed by atoms with E-state index in [2.05, 4.69) is 36.4 Å². The lowest BCUT2D eigenvalue weighted by molar-refractivity contribution is 0.636. The molecule has 0 aliphatic rings. The fourth-order valence-electron chi connectivity index (χ4n) is 3.54. The summed E-state index contributed by atoms with van der Waals surface area (Å²) in [5, 5.41) is 4.23. The maximum atomic E-state index is 15.2. The van der Waals surface area contributed by atoms with E-state index < -0.39 is 7.26 Å². The van der Waals surface area contributed by atoms with Gasteiger partial charge in [0.15, 0.2) is 5.82 Å². The predicted molar refractivity (Wildman–Crippen MR) is 122 cm³/mol. The van der Waals surface area contributed by atoms with Crippen LogP contribution in [0.2, 0.25) is 0 Å². The summed E-state index contributed by atoms with van der Waals surface area (Å²) in [4.78, 5) is 0. The third kappa shape index (κ3) is 3.48. The van der Waals surface area contributed by atoms with Gasteiger partial charge in [0, 0.05) is 0 Å². The van der Waals surface area contributed by atoms with E-state index >= 15 is 4.39 Å². The van der Waals surface area contributed by atoms with Crippen molar-refractivity contribution in [3.8, 4) is 0 Å². The van der Waals surface area contributed by atoms with Crippen molar-refractivity contribution < 1.29 is 4.39 Å². The van der Waals surface area contributed by atoms with Crippen LogP contribution in [0.15, 0.2) is 115 Å². The highest BCUT2D eigenvalue weighted by Gasteiger charge is 2.49. The molecule has 0 bridgehead atoms. The maximum Gasteiger partial charge on any atom is 0.166 e. The second kappa shape index (κ2) is 8.61. The predicted octanol–water partition coefficient (Wildman–Crippen LogP) is 5.02. The van der Waals surface area contributed by atoms with E-state index in [0.29, 0.717) is 0 Å². The molecule has 0 radical (unpaired) electrons. The van der Waals surface area contributed by atoms with Crippen molar-refractivity contribution in [3.05, 3.63) is 121 Å². The second-order valence-electron chi connectivity index (χ2n) is 6.13. The molecule has 0 aliphatic heterocycles. The summed E-state index contributed by atoms with van der Waals surface area (Å²) < 4.78 is 15.2. The lowest BCUT2D eigenvalue weighted by Gasteiger charge is -2.27. The van der Waals surface area contributed by atoms with Crippen molar-refractivity contribution in [2.45, 2.75) is 0 Å². The first-order chi connectivity index (χ1) is 12.8. The molecule has 0 amide bonds. The summed E-state index contributed by atoms with van der Waals surface area (Å²) in [5.74, 6) is -0.155. The largest absolute Gasteiger partial charge is 0.203 e. The van der Waals surface area contributed by atoms with Crippen LogP contribution in [-0.4, -0.2) is 0 Å². The van der Waals surface area contributed by atoms with Gasteiger partial charge in [0.2, 0.25) is 0 Å². The van der Waals surface area contributed by atoms with Crippen LogP contribution in [0, 0.1) is 5.82 Å². The van der Waals surface area contributed by atoms with Crippen LogP contribution in [0.3, 0.4) is 0 Å². The summed E-state index contributed by atoms with van der Waals surface area (Å²) in [6.07, 6.45) is 0. The molecular weight excluding hydrogens is 418 g/mol. The third-order valence-electron chi connectivity index (χ3n) is 4.64. The first-order valence-corrected chi connectivity index (χ1v) is 10.4. The molecule has 134 valence electrons. The van der Waals surface area contributed by atoms with Gasteiger partial charge in [-0.05, 0) is 48.5 Å². The van der Waals surface area contributed by atoms with Gasteiger partial charge in [-0.15, -0.1) is 17.0 Å².